The van der Waals surface area contributed by atoms with Crippen molar-refractivity contribution in [2.75, 3.05) is 5.32 Å². The normalized spacial score (nSPS) is 10.2. The van der Waals surface area contributed by atoms with Crippen molar-refractivity contribution in [3.63, 3.8) is 0 Å². The Morgan fingerprint density at radius 2 is 1.86 bits per heavy atom. The monoisotopic (exact) mass is 307 g/mol. The molecule has 0 spiro atoms. The van der Waals surface area contributed by atoms with E-state index >= 15 is 0 Å². The summed E-state index contributed by atoms with van der Waals surface area (Å²) in [6.07, 6.45) is 0. The van der Waals surface area contributed by atoms with Gasteiger partial charge in [-0.3, -0.25) is 4.79 Å². The lowest BCUT2D eigenvalue weighted by atomic mass is 10.1. The molecule has 21 heavy (non-hydrogen) atoms. The average molecular weight is 308 g/mol. The van der Waals surface area contributed by atoms with Crippen LogP contribution >= 0.6 is 11.6 Å². The molecule has 108 valence electrons. The molecular formula is C15H11ClFNO3. The van der Waals surface area contributed by atoms with Gasteiger partial charge in [0.1, 0.15) is 5.82 Å². The van der Waals surface area contributed by atoms with Crippen molar-refractivity contribution >= 4 is 29.2 Å². The molecular weight excluding hydrogens is 297 g/mol. The van der Waals surface area contributed by atoms with Crippen LogP contribution in [0.1, 0.15) is 26.3 Å². The summed E-state index contributed by atoms with van der Waals surface area (Å²) in [7, 11) is 0. The second-order valence-corrected chi connectivity index (χ2v) is 4.84. The highest BCUT2D eigenvalue weighted by atomic mass is 35.5. The predicted octanol–water partition coefficient (Wildman–Crippen LogP) is 3.74. The Hall–Kier alpha value is -2.40. The van der Waals surface area contributed by atoms with Gasteiger partial charge in [0.25, 0.3) is 5.91 Å². The van der Waals surface area contributed by atoms with Crippen molar-refractivity contribution in [3.05, 3.63) is 63.9 Å². The predicted molar refractivity (Wildman–Crippen MR) is 77.5 cm³/mol. The van der Waals surface area contributed by atoms with E-state index in [2.05, 4.69) is 5.32 Å². The van der Waals surface area contributed by atoms with Crippen LogP contribution in [-0.2, 0) is 0 Å². The van der Waals surface area contributed by atoms with Crippen LogP contribution in [0.2, 0.25) is 5.02 Å². The highest BCUT2D eigenvalue weighted by Gasteiger charge is 2.16. The average Bonchev–Trinajstić information content (AvgIpc) is 2.41. The summed E-state index contributed by atoms with van der Waals surface area (Å²) in [5.41, 5.74) is 0.671. The number of benzene rings is 2. The number of aromatic carboxylic acids is 1. The molecule has 0 aliphatic rings. The quantitative estimate of drug-likeness (QED) is 0.907. The number of amides is 1. The van der Waals surface area contributed by atoms with Crippen LogP contribution in [0.5, 0.6) is 0 Å². The third-order valence-electron chi connectivity index (χ3n) is 2.90. The third kappa shape index (κ3) is 3.38. The Kier molecular flexibility index (Phi) is 4.23. The second-order valence-electron chi connectivity index (χ2n) is 4.41. The van der Waals surface area contributed by atoms with Gasteiger partial charge in [0.05, 0.1) is 11.3 Å². The minimum Gasteiger partial charge on any atom is -0.478 e. The Labute approximate surface area is 125 Å². The molecule has 0 atom stereocenters. The number of carbonyl (C=O) groups is 2. The second kappa shape index (κ2) is 5.93. The van der Waals surface area contributed by atoms with Gasteiger partial charge in [0, 0.05) is 10.6 Å². The molecule has 2 rings (SSSR count). The van der Waals surface area contributed by atoms with E-state index in [1.807, 2.05) is 0 Å². The number of carboxylic acids is 1. The number of hydrogen-bond acceptors (Lipinski definition) is 2. The topological polar surface area (TPSA) is 66.4 Å². The van der Waals surface area contributed by atoms with Gasteiger partial charge in [-0.2, -0.15) is 0 Å². The lowest BCUT2D eigenvalue weighted by Crippen LogP contribution is -2.16. The first-order valence-corrected chi connectivity index (χ1v) is 6.36. The summed E-state index contributed by atoms with van der Waals surface area (Å²) >= 11 is 5.84. The van der Waals surface area contributed by atoms with Crippen molar-refractivity contribution in [1.29, 1.82) is 0 Å². The summed E-state index contributed by atoms with van der Waals surface area (Å²) in [6.45, 7) is 1.72. The van der Waals surface area contributed by atoms with E-state index in [1.165, 1.54) is 6.07 Å². The van der Waals surface area contributed by atoms with Crippen molar-refractivity contribution in [3.8, 4) is 0 Å². The molecule has 0 aliphatic carbocycles. The van der Waals surface area contributed by atoms with E-state index in [4.69, 9.17) is 16.7 Å². The molecule has 2 N–H and O–H groups in total. The van der Waals surface area contributed by atoms with Gasteiger partial charge in [-0.25, -0.2) is 9.18 Å². The first-order valence-electron chi connectivity index (χ1n) is 5.99. The molecule has 0 saturated carbocycles. The molecule has 0 bridgehead atoms. The molecule has 2 aromatic rings. The maximum atomic E-state index is 13.2. The number of rotatable bonds is 3. The molecule has 0 aliphatic heterocycles. The zero-order chi connectivity index (χ0) is 15.6. The van der Waals surface area contributed by atoms with Gasteiger partial charge in [-0.05, 0) is 42.8 Å². The Morgan fingerprint density at radius 1 is 1.14 bits per heavy atom. The molecule has 4 nitrogen and oxygen atoms in total. The summed E-state index contributed by atoms with van der Waals surface area (Å²) in [5, 5.41) is 11.8. The van der Waals surface area contributed by atoms with E-state index in [0.717, 1.165) is 18.2 Å². The third-order valence-corrected chi connectivity index (χ3v) is 3.14. The first kappa shape index (κ1) is 15.0. The highest BCUT2D eigenvalue weighted by Crippen LogP contribution is 2.21. The zero-order valence-corrected chi connectivity index (χ0v) is 11.7. The van der Waals surface area contributed by atoms with E-state index in [0.29, 0.717) is 16.1 Å². The summed E-state index contributed by atoms with van der Waals surface area (Å²) in [6, 6.07) is 7.84. The maximum Gasteiger partial charge on any atom is 0.337 e. The van der Waals surface area contributed by atoms with Gasteiger partial charge in [-0.15, -0.1) is 0 Å². The zero-order valence-electron chi connectivity index (χ0n) is 11.0. The van der Waals surface area contributed by atoms with E-state index in [-0.39, 0.29) is 11.3 Å². The number of hydrogen-bond donors (Lipinski definition) is 2. The molecule has 2 aromatic carbocycles. The SMILES string of the molecule is Cc1ccc(Cl)cc1C(=O)Nc1cc(F)ccc1C(=O)O. The standard InChI is InChI=1S/C15H11ClFNO3/c1-8-2-3-9(16)6-12(8)14(19)18-13-7-10(17)4-5-11(13)15(20)21/h2-7H,1H3,(H,18,19)(H,20,21). The van der Waals surface area contributed by atoms with Gasteiger partial charge >= 0.3 is 5.97 Å². The number of anilines is 1. The van der Waals surface area contributed by atoms with Gasteiger partial charge in [0.2, 0.25) is 0 Å². The summed E-state index contributed by atoms with van der Waals surface area (Å²) < 4.78 is 13.2. The van der Waals surface area contributed by atoms with Crippen molar-refractivity contribution in [2.24, 2.45) is 0 Å². The van der Waals surface area contributed by atoms with Gasteiger partial charge in [-0.1, -0.05) is 17.7 Å². The minimum absolute atomic E-state index is 0.105. The van der Waals surface area contributed by atoms with Crippen LogP contribution in [-0.4, -0.2) is 17.0 Å². The minimum atomic E-state index is -1.26. The Balaban J connectivity index is 2.38. The number of nitrogens with one attached hydrogen (secondary N) is 1. The number of halogens is 2. The van der Waals surface area contributed by atoms with E-state index < -0.39 is 17.7 Å². The fourth-order valence-corrected chi connectivity index (χ4v) is 2.01. The molecule has 0 unspecified atom stereocenters. The molecule has 0 radical (unpaired) electrons. The van der Waals surface area contributed by atoms with E-state index in [1.54, 1.807) is 19.1 Å². The first-order chi connectivity index (χ1) is 9.88. The molecule has 0 aromatic heterocycles. The summed E-state index contributed by atoms with van der Waals surface area (Å²) in [4.78, 5) is 23.3. The van der Waals surface area contributed by atoms with Crippen molar-refractivity contribution in [2.45, 2.75) is 6.92 Å². The smallest absolute Gasteiger partial charge is 0.337 e. The Morgan fingerprint density at radius 3 is 2.52 bits per heavy atom. The fourth-order valence-electron chi connectivity index (χ4n) is 1.83. The number of carboxylic acid groups (broad SMARTS) is 1. The van der Waals surface area contributed by atoms with Crippen LogP contribution in [0.15, 0.2) is 36.4 Å². The lowest BCUT2D eigenvalue weighted by Gasteiger charge is -2.10. The van der Waals surface area contributed by atoms with Crippen LogP contribution in [0.3, 0.4) is 0 Å². The van der Waals surface area contributed by atoms with Gasteiger partial charge < -0.3 is 10.4 Å². The van der Waals surface area contributed by atoms with Crippen LogP contribution in [0.4, 0.5) is 10.1 Å². The lowest BCUT2D eigenvalue weighted by molar-refractivity contribution is 0.0698. The van der Waals surface area contributed by atoms with Crippen LogP contribution < -0.4 is 5.32 Å². The van der Waals surface area contributed by atoms with Crippen molar-refractivity contribution < 1.29 is 19.1 Å². The molecule has 0 fully saturated rings. The Bertz CT molecular complexity index is 731. The molecule has 6 heteroatoms. The number of aryl methyl sites for hydroxylation is 1. The van der Waals surface area contributed by atoms with Gasteiger partial charge in [0.15, 0.2) is 0 Å². The highest BCUT2D eigenvalue weighted by molar-refractivity contribution is 6.31. The molecule has 1 amide bonds. The largest absolute Gasteiger partial charge is 0.478 e. The van der Waals surface area contributed by atoms with E-state index in [9.17, 15) is 14.0 Å². The molecule has 0 heterocycles. The van der Waals surface area contributed by atoms with Crippen LogP contribution in [0.25, 0.3) is 0 Å². The number of carbonyl (C=O) groups excluding carboxylic acids is 1. The van der Waals surface area contributed by atoms with Crippen molar-refractivity contribution in [1.82, 2.24) is 0 Å². The molecule has 0 saturated heterocycles. The fraction of sp³-hybridized carbons (Fsp3) is 0.0667. The van der Waals surface area contributed by atoms with Crippen LogP contribution in [0, 0.1) is 12.7 Å². The summed E-state index contributed by atoms with van der Waals surface area (Å²) in [5.74, 6) is -2.45. The maximum absolute atomic E-state index is 13.2.